The molecule has 0 radical (unpaired) electrons. The largest absolute Gasteiger partial charge is 0.491 e. The molecule has 2 aliphatic rings. The predicted molar refractivity (Wildman–Crippen MR) is 126 cm³/mol. The van der Waals surface area contributed by atoms with E-state index in [0.29, 0.717) is 13.2 Å². The molecule has 1 atom stereocenters. The molecule has 3 heterocycles. The van der Waals surface area contributed by atoms with Gasteiger partial charge in [0, 0.05) is 56.8 Å². The average Bonchev–Trinajstić information content (AvgIpc) is 3.20. The fourth-order valence-electron chi connectivity index (χ4n) is 4.51. The zero-order chi connectivity index (χ0) is 21.5. The summed E-state index contributed by atoms with van der Waals surface area (Å²) < 4.78 is 6.06. The number of hydrogen-bond donors (Lipinski definition) is 1. The molecular weight excluding hydrogens is 408 g/mol. The number of nitrogens with zero attached hydrogens (tertiary/aromatic N) is 4. The molecule has 0 bridgehead atoms. The van der Waals surface area contributed by atoms with Crippen LogP contribution in [0, 0.1) is 6.92 Å². The van der Waals surface area contributed by atoms with Gasteiger partial charge in [-0.05, 0) is 38.9 Å². The van der Waals surface area contributed by atoms with Crippen molar-refractivity contribution in [3.63, 3.8) is 0 Å². The second-order valence-electron chi connectivity index (χ2n) is 8.84. The van der Waals surface area contributed by atoms with E-state index in [0.717, 1.165) is 63.1 Å². The van der Waals surface area contributed by atoms with Gasteiger partial charge in [0.25, 0.3) is 0 Å². The Labute approximate surface area is 190 Å². The molecule has 0 saturated carbocycles. The summed E-state index contributed by atoms with van der Waals surface area (Å²) in [4.78, 5) is 11.9. The molecule has 0 unspecified atom stereocenters. The quantitative estimate of drug-likeness (QED) is 0.642. The first-order valence-corrected chi connectivity index (χ1v) is 12.5. The van der Waals surface area contributed by atoms with E-state index in [1.807, 2.05) is 12.1 Å². The summed E-state index contributed by atoms with van der Waals surface area (Å²) in [7, 11) is 0. The van der Waals surface area contributed by atoms with Crippen molar-refractivity contribution in [2.45, 2.75) is 45.4 Å². The minimum Gasteiger partial charge on any atom is -0.491 e. The van der Waals surface area contributed by atoms with Crippen LogP contribution in [0.3, 0.4) is 0 Å². The Morgan fingerprint density at radius 3 is 2.39 bits per heavy atom. The lowest BCUT2D eigenvalue weighted by atomic mass is 10.1. The molecule has 7 heteroatoms. The number of piperazine rings is 1. The Hall–Kier alpha value is -1.51. The first kappa shape index (κ1) is 22.7. The van der Waals surface area contributed by atoms with Gasteiger partial charge < -0.3 is 14.7 Å². The lowest BCUT2D eigenvalue weighted by molar-refractivity contribution is 0.0607. The van der Waals surface area contributed by atoms with Crippen molar-refractivity contribution in [3.8, 4) is 5.75 Å². The molecule has 0 aliphatic carbocycles. The van der Waals surface area contributed by atoms with Crippen LogP contribution in [0.2, 0.25) is 0 Å². The van der Waals surface area contributed by atoms with Gasteiger partial charge in [0.15, 0.2) is 0 Å². The van der Waals surface area contributed by atoms with Gasteiger partial charge >= 0.3 is 0 Å². The highest BCUT2D eigenvalue weighted by molar-refractivity contribution is 7.09. The first-order chi connectivity index (χ1) is 15.2. The Balaban J connectivity index is 1.23. The number of rotatable bonds is 9. The molecule has 2 aromatic rings. The van der Waals surface area contributed by atoms with Gasteiger partial charge in [0.2, 0.25) is 0 Å². The lowest BCUT2D eigenvalue weighted by Crippen LogP contribution is -2.45. The molecule has 2 fully saturated rings. The smallest absolute Gasteiger partial charge is 0.123 e. The number of para-hydroxylation sites is 1. The first-order valence-electron chi connectivity index (χ1n) is 11.6. The molecule has 4 rings (SSSR count). The van der Waals surface area contributed by atoms with Crippen LogP contribution < -0.4 is 4.74 Å². The van der Waals surface area contributed by atoms with Crippen LogP contribution in [0.1, 0.15) is 35.5 Å². The predicted octanol–water partition coefficient (Wildman–Crippen LogP) is 2.99. The Kier molecular flexibility index (Phi) is 8.33. The fourth-order valence-corrected chi connectivity index (χ4v) is 5.11. The summed E-state index contributed by atoms with van der Waals surface area (Å²) in [6.45, 7) is 11.4. The van der Waals surface area contributed by atoms with Crippen molar-refractivity contribution in [2.24, 2.45) is 0 Å². The number of aryl methyl sites for hydroxylation is 1. The van der Waals surface area contributed by atoms with E-state index in [1.54, 1.807) is 11.3 Å². The van der Waals surface area contributed by atoms with Crippen molar-refractivity contribution >= 4 is 11.3 Å². The average molecular weight is 445 g/mol. The van der Waals surface area contributed by atoms with Gasteiger partial charge in [-0.3, -0.25) is 9.80 Å². The molecule has 31 heavy (non-hydrogen) atoms. The molecule has 2 aliphatic heterocycles. The number of thiazole rings is 1. The van der Waals surface area contributed by atoms with Crippen molar-refractivity contribution in [3.05, 3.63) is 45.9 Å². The maximum Gasteiger partial charge on any atom is 0.123 e. The summed E-state index contributed by atoms with van der Waals surface area (Å²) in [5, 5.41) is 13.8. The number of benzene rings is 1. The van der Waals surface area contributed by atoms with Crippen LogP contribution in [0.15, 0.2) is 29.6 Å². The maximum atomic E-state index is 10.4. The number of aromatic nitrogens is 1. The van der Waals surface area contributed by atoms with E-state index < -0.39 is 6.10 Å². The molecule has 1 aromatic carbocycles. The third kappa shape index (κ3) is 6.99. The summed E-state index contributed by atoms with van der Waals surface area (Å²) in [5.74, 6) is 0.903. The SMILES string of the molecule is Cc1nc(CN2CCN(Cc3ccccc3OC[C@H](O)CN3CCCCC3)CC2)cs1. The van der Waals surface area contributed by atoms with Crippen molar-refractivity contribution in [1.82, 2.24) is 19.7 Å². The number of piperidine rings is 1. The molecule has 0 spiro atoms. The van der Waals surface area contributed by atoms with Gasteiger partial charge in [-0.1, -0.05) is 24.6 Å². The van der Waals surface area contributed by atoms with Crippen LogP contribution in [0.5, 0.6) is 5.75 Å². The van der Waals surface area contributed by atoms with Gasteiger partial charge in [-0.15, -0.1) is 11.3 Å². The number of aliphatic hydroxyl groups is 1. The van der Waals surface area contributed by atoms with Crippen LogP contribution in [-0.4, -0.2) is 83.3 Å². The number of β-amino-alcohol motifs (C(OH)–C–C–N with tert-alkyl or cyclic N) is 1. The van der Waals surface area contributed by atoms with Crippen LogP contribution in [-0.2, 0) is 13.1 Å². The van der Waals surface area contributed by atoms with E-state index in [2.05, 4.69) is 44.1 Å². The number of hydrogen-bond acceptors (Lipinski definition) is 7. The highest BCUT2D eigenvalue weighted by Gasteiger charge is 2.20. The van der Waals surface area contributed by atoms with Crippen molar-refractivity contribution in [2.75, 3.05) is 52.4 Å². The van der Waals surface area contributed by atoms with E-state index in [1.165, 1.54) is 30.5 Å². The Morgan fingerprint density at radius 2 is 1.68 bits per heavy atom. The van der Waals surface area contributed by atoms with Gasteiger partial charge in [-0.2, -0.15) is 0 Å². The van der Waals surface area contributed by atoms with E-state index in [9.17, 15) is 5.11 Å². The maximum absolute atomic E-state index is 10.4. The van der Waals surface area contributed by atoms with Crippen molar-refractivity contribution in [1.29, 1.82) is 0 Å². The van der Waals surface area contributed by atoms with Crippen LogP contribution >= 0.6 is 11.3 Å². The molecular formula is C24H36N4O2S. The summed E-state index contributed by atoms with van der Waals surface area (Å²) >= 11 is 1.73. The van der Waals surface area contributed by atoms with E-state index in [4.69, 9.17) is 4.74 Å². The molecule has 6 nitrogen and oxygen atoms in total. The second-order valence-corrected chi connectivity index (χ2v) is 9.91. The molecule has 0 amide bonds. The van der Waals surface area contributed by atoms with Crippen LogP contribution in [0.4, 0.5) is 0 Å². The second kappa shape index (κ2) is 11.4. The molecule has 1 N–H and O–H groups in total. The fraction of sp³-hybridized carbons (Fsp3) is 0.625. The van der Waals surface area contributed by atoms with E-state index in [-0.39, 0.29) is 0 Å². The highest BCUT2D eigenvalue weighted by Crippen LogP contribution is 2.21. The third-order valence-electron chi connectivity index (χ3n) is 6.23. The molecule has 2 saturated heterocycles. The Bertz CT molecular complexity index is 800. The van der Waals surface area contributed by atoms with Gasteiger partial charge in [0.05, 0.1) is 10.7 Å². The summed E-state index contributed by atoms with van der Waals surface area (Å²) in [5.41, 5.74) is 2.40. The normalized spacial score (nSPS) is 20.1. The summed E-state index contributed by atoms with van der Waals surface area (Å²) in [6, 6.07) is 8.28. The monoisotopic (exact) mass is 444 g/mol. The third-order valence-corrected chi connectivity index (χ3v) is 7.05. The highest BCUT2D eigenvalue weighted by atomic mass is 32.1. The van der Waals surface area contributed by atoms with Gasteiger partial charge in [-0.25, -0.2) is 4.98 Å². The molecule has 170 valence electrons. The van der Waals surface area contributed by atoms with E-state index >= 15 is 0 Å². The Morgan fingerprint density at radius 1 is 0.968 bits per heavy atom. The van der Waals surface area contributed by atoms with Crippen LogP contribution in [0.25, 0.3) is 0 Å². The number of ether oxygens (including phenoxy) is 1. The van der Waals surface area contributed by atoms with Gasteiger partial charge in [0.1, 0.15) is 18.5 Å². The lowest BCUT2D eigenvalue weighted by Gasteiger charge is -2.34. The summed E-state index contributed by atoms with van der Waals surface area (Å²) in [6.07, 6.45) is 3.36. The number of likely N-dealkylation sites (tertiary alicyclic amines) is 1. The van der Waals surface area contributed by atoms with Crippen molar-refractivity contribution < 1.29 is 9.84 Å². The minimum absolute atomic E-state index is 0.356. The number of aliphatic hydroxyl groups excluding tert-OH is 1. The zero-order valence-electron chi connectivity index (χ0n) is 18.7. The standard InChI is InChI=1S/C24H36N4O2S/c1-20-25-22(19-31-20)16-28-13-11-27(12-14-28)15-21-7-3-4-8-24(21)30-18-23(29)17-26-9-5-2-6-10-26/h3-4,7-8,19,23,29H,2,5-6,9-18H2,1H3/t23-/m1/s1. The zero-order valence-corrected chi connectivity index (χ0v) is 19.5. The molecule has 1 aromatic heterocycles. The minimum atomic E-state index is -0.441. The topological polar surface area (TPSA) is 52.1 Å².